The van der Waals surface area contributed by atoms with Gasteiger partial charge in [0.15, 0.2) is 0 Å². The van der Waals surface area contributed by atoms with E-state index in [-0.39, 0.29) is 17.4 Å². The Kier molecular flexibility index (Phi) is 4.69. The number of methoxy groups -OCH3 is 1. The van der Waals surface area contributed by atoms with Crippen LogP contribution in [0.2, 0.25) is 0 Å². The second-order valence-corrected chi connectivity index (χ2v) is 8.68. The molecule has 4 heterocycles. The Hall–Kier alpha value is -3.65. The fourth-order valence-corrected chi connectivity index (χ4v) is 5.05. The third-order valence-electron chi connectivity index (χ3n) is 6.77. The number of imidazole rings is 1. The number of aromatic amines is 1. The van der Waals surface area contributed by atoms with Gasteiger partial charge in [0, 0.05) is 38.3 Å². The first-order valence-electron chi connectivity index (χ1n) is 11.2. The number of ether oxygens (including phenoxy) is 2. The highest BCUT2D eigenvalue weighted by molar-refractivity contribution is 6.01. The third kappa shape index (κ3) is 3.21. The number of H-pyrrole nitrogens is 1. The van der Waals surface area contributed by atoms with Crippen molar-refractivity contribution in [2.45, 2.75) is 31.8 Å². The summed E-state index contributed by atoms with van der Waals surface area (Å²) in [5.41, 5.74) is 4.34. The number of rotatable bonds is 3. The average molecular weight is 444 g/mol. The second-order valence-electron chi connectivity index (χ2n) is 8.68. The molecule has 33 heavy (non-hydrogen) atoms. The van der Waals surface area contributed by atoms with E-state index in [0.29, 0.717) is 48.6 Å². The summed E-state index contributed by atoms with van der Waals surface area (Å²) in [5, 5.41) is 0. The van der Waals surface area contributed by atoms with Gasteiger partial charge in [-0.05, 0) is 30.0 Å². The average Bonchev–Trinajstić information content (AvgIpc) is 3.49. The molecule has 8 nitrogen and oxygen atoms in total. The van der Waals surface area contributed by atoms with Crippen LogP contribution in [0.15, 0.2) is 47.4 Å². The first-order chi connectivity index (χ1) is 16.1. The lowest BCUT2D eigenvalue weighted by atomic mass is 9.99. The summed E-state index contributed by atoms with van der Waals surface area (Å²) in [4.78, 5) is 35.7. The van der Waals surface area contributed by atoms with Gasteiger partial charge in [-0.15, -0.1) is 0 Å². The van der Waals surface area contributed by atoms with Crippen LogP contribution >= 0.6 is 0 Å². The minimum atomic E-state index is -0.231. The molecule has 168 valence electrons. The fraction of sp³-hybridized carbons (Fsp3) is 0.320. The highest BCUT2D eigenvalue weighted by Gasteiger charge is 2.28. The van der Waals surface area contributed by atoms with Gasteiger partial charge in [-0.2, -0.15) is 0 Å². The lowest BCUT2D eigenvalue weighted by Gasteiger charge is -2.22. The summed E-state index contributed by atoms with van der Waals surface area (Å²) >= 11 is 0. The van der Waals surface area contributed by atoms with Crippen LogP contribution in [0, 0.1) is 0 Å². The van der Waals surface area contributed by atoms with Crippen molar-refractivity contribution in [3.05, 3.63) is 75.5 Å². The smallest absolute Gasteiger partial charge is 0.274 e. The van der Waals surface area contributed by atoms with Gasteiger partial charge in [0.2, 0.25) is 0 Å². The number of carbonyl (C=O) groups excluding carboxylic acids is 1. The van der Waals surface area contributed by atoms with E-state index in [0.717, 1.165) is 35.3 Å². The normalized spacial score (nSPS) is 16.5. The van der Waals surface area contributed by atoms with E-state index < -0.39 is 0 Å². The monoisotopic (exact) mass is 444 g/mol. The predicted octanol–water partition coefficient (Wildman–Crippen LogP) is 3.23. The molecule has 8 heteroatoms. The molecule has 0 unspecified atom stereocenters. The van der Waals surface area contributed by atoms with E-state index in [1.165, 1.54) is 0 Å². The number of nitrogens with one attached hydrogen (secondary N) is 1. The number of fused-ring (bicyclic) bond motifs is 4. The Labute approximate surface area is 189 Å². The van der Waals surface area contributed by atoms with E-state index in [4.69, 9.17) is 9.47 Å². The lowest BCUT2D eigenvalue weighted by Crippen LogP contribution is -2.26. The molecule has 1 saturated heterocycles. The number of aromatic nitrogens is 3. The minimum absolute atomic E-state index is 0.124. The molecule has 6 rings (SSSR count). The molecular weight excluding hydrogens is 420 g/mol. The van der Waals surface area contributed by atoms with Gasteiger partial charge in [-0.25, -0.2) is 4.98 Å². The summed E-state index contributed by atoms with van der Waals surface area (Å²) in [6.45, 7) is 2.48. The Morgan fingerprint density at radius 2 is 1.85 bits per heavy atom. The van der Waals surface area contributed by atoms with Crippen LogP contribution in [0.1, 0.15) is 46.1 Å². The molecule has 0 saturated carbocycles. The molecule has 1 fully saturated rings. The number of hydrogen-bond donors (Lipinski definition) is 1. The quantitative estimate of drug-likeness (QED) is 0.524. The minimum Gasteiger partial charge on any atom is -0.496 e. The summed E-state index contributed by atoms with van der Waals surface area (Å²) in [6, 6.07) is 11.6. The summed E-state index contributed by atoms with van der Waals surface area (Å²) in [7, 11) is 1.56. The molecule has 2 aromatic heterocycles. The van der Waals surface area contributed by atoms with Crippen molar-refractivity contribution in [1.29, 1.82) is 0 Å². The molecule has 4 aromatic rings. The largest absolute Gasteiger partial charge is 0.496 e. The van der Waals surface area contributed by atoms with Crippen LogP contribution in [0.3, 0.4) is 0 Å². The molecule has 1 amide bonds. The van der Waals surface area contributed by atoms with Crippen LogP contribution in [-0.4, -0.2) is 45.5 Å². The number of nitrogens with zero attached hydrogens (tertiary/aromatic N) is 3. The molecule has 1 N–H and O–H groups in total. The molecule has 2 aliphatic rings. The van der Waals surface area contributed by atoms with Crippen LogP contribution < -0.4 is 10.3 Å². The Morgan fingerprint density at radius 1 is 1.12 bits per heavy atom. The highest BCUT2D eigenvalue weighted by Crippen LogP contribution is 2.32. The van der Waals surface area contributed by atoms with Gasteiger partial charge in [0.05, 0.1) is 29.9 Å². The maximum absolute atomic E-state index is 13.5. The predicted molar refractivity (Wildman–Crippen MR) is 123 cm³/mol. The van der Waals surface area contributed by atoms with E-state index in [2.05, 4.69) is 9.97 Å². The topological polar surface area (TPSA) is 88.9 Å². The number of hydrogen-bond acceptors (Lipinski definition) is 5. The molecule has 0 spiro atoms. The van der Waals surface area contributed by atoms with Crippen molar-refractivity contribution in [3.63, 3.8) is 0 Å². The summed E-state index contributed by atoms with van der Waals surface area (Å²) < 4.78 is 13.1. The standard InChI is InChI=1S/C25H24N4O4/c1-32-22-11-20-19(10-18(22)25(31)28-13-16-4-2-3-5-17(16)14-28)27-24(30)21-12-26-23(29(20)21)15-6-8-33-9-7-15/h2-5,10-12,15H,6-9,13-14H2,1H3,(H,27,30). The van der Waals surface area contributed by atoms with E-state index >= 15 is 0 Å². The van der Waals surface area contributed by atoms with E-state index in [9.17, 15) is 9.59 Å². The van der Waals surface area contributed by atoms with E-state index in [1.54, 1.807) is 24.3 Å². The van der Waals surface area contributed by atoms with Crippen LogP contribution in [0.5, 0.6) is 5.75 Å². The molecule has 2 aromatic carbocycles. The van der Waals surface area contributed by atoms with E-state index in [1.807, 2.05) is 34.7 Å². The second kappa shape index (κ2) is 7.74. The summed E-state index contributed by atoms with van der Waals surface area (Å²) in [5.74, 6) is 1.41. The van der Waals surface area contributed by atoms with Crippen molar-refractivity contribution in [2.75, 3.05) is 20.3 Å². The zero-order valence-electron chi connectivity index (χ0n) is 18.3. The first-order valence-corrected chi connectivity index (χ1v) is 11.2. The molecular formula is C25H24N4O4. The number of carbonyl (C=O) groups is 1. The Bertz CT molecular complexity index is 1420. The van der Waals surface area contributed by atoms with Gasteiger partial charge >= 0.3 is 0 Å². The molecule has 0 aliphatic carbocycles. The van der Waals surface area contributed by atoms with Crippen molar-refractivity contribution in [1.82, 2.24) is 19.3 Å². The van der Waals surface area contributed by atoms with Crippen molar-refractivity contribution >= 4 is 22.5 Å². The Morgan fingerprint density at radius 3 is 2.55 bits per heavy atom. The van der Waals surface area contributed by atoms with Crippen molar-refractivity contribution in [2.24, 2.45) is 0 Å². The number of amides is 1. The molecule has 0 bridgehead atoms. The van der Waals surface area contributed by atoms with Crippen molar-refractivity contribution in [3.8, 4) is 5.75 Å². The maximum Gasteiger partial charge on any atom is 0.274 e. The van der Waals surface area contributed by atoms with Gasteiger partial charge in [-0.1, -0.05) is 24.3 Å². The molecule has 0 atom stereocenters. The maximum atomic E-state index is 13.5. The third-order valence-corrected chi connectivity index (χ3v) is 6.77. The number of benzene rings is 2. The van der Waals surface area contributed by atoms with Gasteiger partial charge in [0.25, 0.3) is 11.5 Å². The zero-order chi connectivity index (χ0) is 22.5. The van der Waals surface area contributed by atoms with Gasteiger partial charge in [-0.3, -0.25) is 14.0 Å². The zero-order valence-corrected chi connectivity index (χ0v) is 18.3. The fourth-order valence-electron chi connectivity index (χ4n) is 5.05. The van der Waals surface area contributed by atoms with Gasteiger partial charge in [0.1, 0.15) is 17.1 Å². The first kappa shape index (κ1) is 20.0. The SMILES string of the molecule is COc1cc2c(cc1C(=O)N1Cc3ccccc3C1)[nH]c(=O)c1cnc(C3CCOCC3)n12. The molecule has 0 radical (unpaired) electrons. The lowest BCUT2D eigenvalue weighted by molar-refractivity contribution is 0.0748. The molecule has 2 aliphatic heterocycles. The van der Waals surface area contributed by atoms with Crippen LogP contribution in [0.25, 0.3) is 16.6 Å². The van der Waals surface area contributed by atoms with Gasteiger partial charge < -0.3 is 19.4 Å². The Balaban J connectivity index is 1.47. The highest BCUT2D eigenvalue weighted by atomic mass is 16.5. The van der Waals surface area contributed by atoms with Crippen molar-refractivity contribution < 1.29 is 14.3 Å². The summed E-state index contributed by atoms with van der Waals surface area (Å²) in [6.07, 6.45) is 3.34. The van der Waals surface area contributed by atoms with Crippen LogP contribution in [-0.2, 0) is 17.8 Å². The van der Waals surface area contributed by atoms with Crippen LogP contribution in [0.4, 0.5) is 0 Å².